The smallest absolute Gasteiger partial charge is 0.137 e. The summed E-state index contributed by atoms with van der Waals surface area (Å²) in [5, 5.41) is 3.44. The molecular weight excluding hydrogens is 324 g/mol. The Balaban J connectivity index is 2.20. The van der Waals surface area contributed by atoms with Crippen LogP contribution in [0.25, 0.3) is 0 Å². The highest BCUT2D eigenvalue weighted by molar-refractivity contribution is 9.10. The third-order valence-electron chi connectivity index (χ3n) is 3.12. The van der Waals surface area contributed by atoms with Crippen LogP contribution >= 0.6 is 15.9 Å². The highest BCUT2D eigenvalue weighted by Gasteiger charge is 2.08. The van der Waals surface area contributed by atoms with Gasteiger partial charge in [0.25, 0.3) is 0 Å². The second-order valence-corrected chi connectivity index (χ2v) is 7.05. The zero-order valence-corrected chi connectivity index (χ0v) is 14.1. The number of unbranched alkanes of at least 4 members (excludes halogenated alkanes) is 3. The molecule has 20 heavy (non-hydrogen) atoms. The predicted octanol–water partition coefficient (Wildman–Crippen LogP) is 5.22. The first-order chi connectivity index (χ1) is 9.29. The summed E-state index contributed by atoms with van der Waals surface area (Å²) < 4.78 is 27.1. The van der Waals surface area contributed by atoms with E-state index in [1.807, 2.05) is 0 Å². The molecule has 0 atom stereocenters. The average molecular weight is 348 g/mol. The number of aryl methyl sites for hydroxylation is 1. The Bertz CT molecular complexity index is 427. The van der Waals surface area contributed by atoms with Crippen molar-refractivity contribution in [2.75, 3.05) is 6.54 Å². The van der Waals surface area contributed by atoms with Crippen LogP contribution in [0.15, 0.2) is 16.6 Å². The van der Waals surface area contributed by atoms with Gasteiger partial charge in [-0.25, -0.2) is 8.78 Å². The minimum absolute atomic E-state index is 0.165. The monoisotopic (exact) mass is 347 g/mol. The largest absolute Gasteiger partial charge is 0.312 e. The van der Waals surface area contributed by atoms with E-state index in [-0.39, 0.29) is 15.8 Å². The summed E-state index contributed by atoms with van der Waals surface area (Å²) in [6, 6.07) is 2.50. The molecule has 1 N–H and O–H groups in total. The molecule has 0 heterocycles. The molecule has 0 saturated carbocycles. The molecule has 0 aliphatic carbocycles. The fourth-order valence-corrected chi connectivity index (χ4v) is 2.33. The van der Waals surface area contributed by atoms with Crippen molar-refractivity contribution in [1.82, 2.24) is 5.32 Å². The normalized spacial score (nSPS) is 11.9. The lowest BCUT2D eigenvalue weighted by Gasteiger charge is -2.20. The van der Waals surface area contributed by atoms with Crippen molar-refractivity contribution in [3.63, 3.8) is 0 Å². The fraction of sp³-hybridized carbons (Fsp3) is 0.625. The maximum Gasteiger partial charge on any atom is 0.137 e. The Morgan fingerprint density at radius 2 is 1.65 bits per heavy atom. The van der Waals surface area contributed by atoms with Crippen LogP contribution < -0.4 is 5.32 Å². The Morgan fingerprint density at radius 1 is 1.00 bits per heavy atom. The summed E-state index contributed by atoms with van der Waals surface area (Å²) in [6.45, 7) is 7.46. The van der Waals surface area contributed by atoms with E-state index < -0.39 is 5.82 Å². The molecule has 0 bridgehead atoms. The zero-order valence-electron chi connectivity index (χ0n) is 12.5. The molecule has 1 nitrogen and oxygen atoms in total. The molecule has 0 radical (unpaired) electrons. The average Bonchev–Trinajstić information content (AvgIpc) is 2.32. The second kappa shape index (κ2) is 8.08. The minimum atomic E-state index is -0.393. The number of rotatable bonds is 7. The van der Waals surface area contributed by atoms with Gasteiger partial charge in [0.05, 0.1) is 4.47 Å². The molecule has 4 heteroatoms. The second-order valence-electron chi connectivity index (χ2n) is 6.20. The molecule has 0 fully saturated rings. The molecule has 0 aromatic heterocycles. The number of hydrogen-bond acceptors (Lipinski definition) is 1. The van der Waals surface area contributed by atoms with Gasteiger partial charge in [-0.3, -0.25) is 0 Å². The maximum atomic E-state index is 13.6. The van der Waals surface area contributed by atoms with E-state index in [1.165, 1.54) is 12.1 Å². The summed E-state index contributed by atoms with van der Waals surface area (Å²) in [7, 11) is 0. The Hall–Kier alpha value is -0.480. The molecule has 1 aromatic carbocycles. The first-order valence-corrected chi connectivity index (χ1v) is 7.97. The molecule has 0 unspecified atom stereocenters. The third kappa shape index (κ3) is 6.80. The lowest BCUT2D eigenvalue weighted by molar-refractivity contribution is 0.416. The summed E-state index contributed by atoms with van der Waals surface area (Å²) >= 11 is 2.98. The van der Waals surface area contributed by atoms with Crippen molar-refractivity contribution in [2.45, 2.75) is 58.4 Å². The van der Waals surface area contributed by atoms with Crippen molar-refractivity contribution >= 4 is 15.9 Å². The number of benzene rings is 1. The van der Waals surface area contributed by atoms with Gasteiger partial charge in [0.2, 0.25) is 0 Å². The Kier molecular flexibility index (Phi) is 7.10. The standard InChI is InChI=1S/C16H24BrF2N/c1-16(2,3)20-9-7-5-4-6-8-12-10-15(19)13(17)11-14(12)18/h10-11,20H,4-9H2,1-3H3. The lowest BCUT2D eigenvalue weighted by Crippen LogP contribution is -2.36. The van der Waals surface area contributed by atoms with Crippen LogP contribution in [-0.2, 0) is 6.42 Å². The third-order valence-corrected chi connectivity index (χ3v) is 3.73. The minimum Gasteiger partial charge on any atom is -0.312 e. The molecule has 0 spiro atoms. The van der Waals surface area contributed by atoms with E-state index in [9.17, 15) is 8.78 Å². The van der Waals surface area contributed by atoms with Crippen molar-refractivity contribution in [1.29, 1.82) is 0 Å². The molecule has 0 saturated heterocycles. The van der Waals surface area contributed by atoms with Gasteiger partial charge in [-0.15, -0.1) is 0 Å². The van der Waals surface area contributed by atoms with Crippen LogP contribution in [0.3, 0.4) is 0 Å². The molecule has 0 aliphatic rings. The summed E-state index contributed by atoms with van der Waals surface area (Å²) in [5.74, 6) is -0.719. The van der Waals surface area contributed by atoms with Gasteiger partial charge in [-0.1, -0.05) is 12.8 Å². The van der Waals surface area contributed by atoms with Crippen LogP contribution in [0.5, 0.6) is 0 Å². The van der Waals surface area contributed by atoms with Gasteiger partial charge >= 0.3 is 0 Å². The Labute approximate surface area is 129 Å². The fourth-order valence-electron chi connectivity index (χ4n) is 2.01. The van der Waals surface area contributed by atoms with E-state index in [2.05, 4.69) is 42.0 Å². The van der Waals surface area contributed by atoms with Gasteiger partial charge in [-0.05, 0) is 80.2 Å². The first-order valence-electron chi connectivity index (χ1n) is 7.18. The van der Waals surface area contributed by atoms with Crippen LogP contribution in [0.4, 0.5) is 8.78 Å². The van der Waals surface area contributed by atoms with E-state index in [0.717, 1.165) is 32.2 Å². The highest BCUT2D eigenvalue weighted by atomic mass is 79.9. The Morgan fingerprint density at radius 3 is 2.30 bits per heavy atom. The predicted molar refractivity (Wildman–Crippen MR) is 84.0 cm³/mol. The van der Waals surface area contributed by atoms with Gasteiger partial charge in [-0.2, -0.15) is 0 Å². The maximum absolute atomic E-state index is 13.6. The molecule has 0 amide bonds. The summed E-state index contributed by atoms with van der Waals surface area (Å²) in [4.78, 5) is 0. The first kappa shape index (κ1) is 17.6. The van der Waals surface area contributed by atoms with Crippen LogP contribution in [0, 0.1) is 11.6 Å². The lowest BCUT2D eigenvalue weighted by atomic mass is 10.0. The molecule has 114 valence electrons. The molecule has 1 rings (SSSR count). The van der Waals surface area contributed by atoms with Crippen molar-refractivity contribution < 1.29 is 8.78 Å². The van der Waals surface area contributed by atoms with E-state index in [1.54, 1.807) is 0 Å². The summed E-state index contributed by atoms with van der Waals surface area (Å²) in [5.41, 5.74) is 0.636. The SMILES string of the molecule is CC(C)(C)NCCCCCCc1cc(F)c(Br)cc1F. The van der Waals surface area contributed by atoms with Crippen molar-refractivity contribution in [2.24, 2.45) is 0 Å². The van der Waals surface area contributed by atoms with Gasteiger partial charge < -0.3 is 5.32 Å². The highest BCUT2D eigenvalue weighted by Crippen LogP contribution is 2.21. The van der Waals surface area contributed by atoms with Crippen LogP contribution in [-0.4, -0.2) is 12.1 Å². The van der Waals surface area contributed by atoms with E-state index in [4.69, 9.17) is 0 Å². The van der Waals surface area contributed by atoms with Gasteiger partial charge in [0.15, 0.2) is 0 Å². The van der Waals surface area contributed by atoms with Gasteiger partial charge in [0, 0.05) is 5.54 Å². The molecule has 0 aliphatic heterocycles. The van der Waals surface area contributed by atoms with E-state index in [0.29, 0.717) is 12.0 Å². The van der Waals surface area contributed by atoms with Crippen LogP contribution in [0.2, 0.25) is 0 Å². The van der Waals surface area contributed by atoms with Crippen molar-refractivity contribution in [3.05, 3.63) is 33.8 Å². The van der Waals surface area contributed by atoms with Gasteiger partial charge in [0.1, 0.15) is 11.6 Å². The molecule has 1 aromatic rings. The quantitative estimate of drug-likeness (QED) is 0.526. The molecular formula is C16H24BrF2N. The number of hydrogen-bond donors (Lipinski definition) is 1. The number of halogens is 3. The van der Waals surface area contributed by atoms with Crippen LogP contribution in [0.1, 0.15) is 52.0 Å². The topological polar surface area (TPSA) is 12.0 Å². The summed E-state index contributed by atoms with van der Waals surface area (Å²) in [6.07, 6.45) is 4.78. The van der Waals surface area contributed by atoms with E-state index >= 15 is 0 Å². The number of nitrogens with one attached hydrogen (secondary N) is 1. The van der Waals surface area contributed by atoms with Crippen molar-refractivity contribution in [3.8, 4) is 0 Å². The zero-order chi connectivity index (χ0) is 15.2.